The van der Waals surface area contributed by atoms with Crippen molar-refractivity contribution in [2.75, 3.05) is 11.3 Å². The Morgan fingerprint density at radius 2 is 1.64 bits per heavy atom. The second-order valence-corrected chi connectivity index (χ2v) is 7.48. The molecule has 0 saturated heterocycles. The van der Waals surface area contributed by atoms with Crippen molar-refractivity contribution in [3.05, 3.63) is 59.7 Å². The number of carbonyl (C=O) groups is 1. The van der Waals surface area contributed by atoms with Crippen molar-refractivity contribution in [3.63, 3.8) is 0 Å². The van der Waals surface area contributed by atoms with E-state index in [4.69, 9.17) is 0 Å². The smallest absolute Gasteiger partial charge is 0.261 e. The number of anilines is 1. The van der Waals surface area contributed by atoms with Crippen LogP contribution in [0.5, 0.6) is 0 Å². The van der Waals surface area contributed by atoms with Gasteiger partial charge < -0.3 is 5.32 Å². The molecule has 2 aromatic rings. The number of hydrogen-bond donors (Lipinski definition) is 2. The SMILES string of the molecule is CCCNC(=O)c1ccccc1NS(=O)(=O)c1ccc(CCC)cc1. The van der Waals surface area contributed by atoms with Crippen LogP contribution in [0.25, 0.3) is 0 Å². The molecule has 2 aromatic carbocycles. The first-order chi connectivity index (χ1) is 12.0. The van der Waals surface area contributed by atoms with Gasteiger partial charge in [-0.15, -0.1) is 0 Å². The molecule has 0 atom stereocenters. The van der Waals surface area contributed by atoms with E-state index in [-0.39, 0.29) is 16.5 Å². The van der Waals surface area contributed by atoms with Crippen molar-refractivity contribution in [2.45, 2.75) is 38.0 Å². The lowest BCUT2D eigenvalue weighted by Gasteiger charge is -2.13. The third kappa shape index (κ3) is 5.06. The summed E-state index contributed by atoms with van der Waals surface area (Å²) in [4.78, 5) is 12.4. The van der Waals surface area contributed by atoms with E-state index in [1.54, 1.807) is 36.4 Å². The molecule has 0 aromatic heterocycles. The van der Waals surface area contributed by atoms with E-state index in [1.165, 1.54) is 0 Å². The number of amides is 1. The summed E-state index contributed by atoms with van der Waals surface area (Å²) in [5, 5.41) is 2.76. The second-order valence-electron chi connectivity index (χ2n) is 5.80. The molecule has 6 heteroatoms. The highest BCUT2D eigenvalue weighted by Crippen LogP contribution is 2.20. The largest absolute Gasteiger partial charge is 0.352 e. The number of rotatable bonds is 8. The van der Waals surface area contributed by atoms with E-state index < -0.39 is 10.0 Å². The fraction of sp³-hybridized carbons (Fsp3) is 0.316. The van der Waals surface area contributed by atoms with Gasteiger partial charge in [0.1, 0.15) is 0 Å². The molecule has 134 valence electrons. The van der Waals surface area contributed by atoms with Crippen LogP contribution in [0.2, 0.25) is 0 Å². The monoisotopic (exact) mass is 360 g/mol. The lowest BCUT2D eigenvalue weighted by molar-refractivity contribution is 0.0954. The number of para-hydroxylation sites is 1. The number of aryl methyl sites for hydroxylation is 1. The van der Waals surface area contributed by atoms with Crippen LogP contribution in [0.15, 0.2) is 53.4 Å². The number of sulfonamides is 1. The van der Waals surface area contributed by atoms with Crippen molar-refractivity contribution in [3.8, 4) is 0 Å². The molecule has 0 spiro atoms. The standard InChI is InChI=1S/C19H24N2O3S/c1-3-7-15-10-12-16(13-11-15)25(23,24)21-18-9-6-5-8-17(18)19(22)20-14-4-2/h5-6,8-13,21H,3-4,7,14H2,1-2H3,(H,20,22). The molecule has 0 radical (unpaired) electrons. The van der Waals surface area contributed by atoms with E-state index >= 15 is 0 Å². The van der Waals surface area contributed by atoms with Crippen molar-refractivity contribution >= 4 is 21.6 Å². The van der Waals surface area contributed by atoms with Crippen molar-refractivity contribution in [2.24, 2.45) is 0 Å². The minimum atomic E-state index is -3.75. The van der Waals surface area contributed by atoms with Gasteiger partial charge in [-0.05, 0) is 42.7 Å². The zero-order valence-electron chi connectivity index (χ0n) is 14.6. The molecular weight excluding hydrogens is 336 g/mol. The highest BCUT2D eigenvalue weighted by molar-refractivity contribution is 7.92. The van der Waals surface area contributed by atoms with Gasteiger partial charge >= 0.3 is 0 Å². The third-order valence-corrected chi connectivity index (χ3v) is 5.11. The third-order valence-electron chi connectivity index (χ3n) is 3.72. The Labute approximate surface area is 149 Å². The van der Waals surface area contributed by atoms with Crippen molar-refractivity contribution in [1.29, 1.82) is 0 Å². The van der Waals surface area contributed by atoms with Crippen LogP contribution < -0.4 is 10.0 Å². The van der Waals surface area contributed by atoms with Gasteiger partial charge in [0, 0.05) is 6.54 Å². The van der Waals surface area contributed by atoms with Gasteiger partial charge in [-0.2, -0.15) is 0 Å². The molecule has 1 amide bonds. The molecule has 0 aliphatic heterocycles. The average Bonchev–Trinajstić information content (AvgIpc) is 2.60. The minimum absolute atomic E-state index is 0.177. The van der Waals surface area contributed by atoms with Crippen LogP contribution >= 0.6 is 0 Å². The van der Waals surface area contributed by atoms with Crippen molar-refractivity contribution in [1.82, 2.24) is 5.32 Å². The maximum atomic E-state index is 12.6. The normalized spacial score (nSPS) is 11.1. The van der Waals surface area contributed by atoms with Gasteiger partial charge in [0.2, 0.25) is 0 Å². The number of hydrogen-bond acceptors (Lipinski definition) is 3. The molecule has 2 N–H and O–H groups in total. The van der Waals surface area contributed by atoms with E-state index in [0.29, 0.717) is 12.1 Å². The quantitative estimate of drug-likeness (QED) is 0.755. The first-order valence-corrected chi connectivity index (χ1v) is 9.95. The summed E-state index contributed by atoms with van der Waals surface area (Å²) < 4.78 is 27.8. The summed E-state index contributed by atoms with van der Waals surface area (Å²) >= 11 is 0. The number of nitrogens with one attached hydrogen (secondary N) is 2. The van der Waals surface area contributed by atoms with Gasteiger partial charge in [-0.3, -0.25) is 9.52 Å². The van der Waals surface area contributed by atoms with Crippen molar-refractivity contribution < 1.29 is 13.2 Å². The molecule has 25 heavy (non-hydrogen) atoms. The summed E-state index contributed by atoms with van der Waals surface area (Å²) in [6.45, 7) is 4.57. The van der Waals surface area contributed by atoms with Gasteiger partial charge in [0.25, 0.3) is 15.9 Å². The fourth-order valence-corrected chi connectivity index (χ4v) is 3.51. The van der Waals surface area contributed by atoms with E-state index in [2.05, 4.69) is 17.0 Å². The zero-order valence-corrected chi connectivity index (χ0v) is 15.4. The predicted molar refractivity (Wildman–Crippen MR) is 100 cm³/mol. The molecule has 2 rings (SSSR count). The maximum absolute atomic E-state index is 12.6. The van der Waals surface area contributed by atoms with Crippen LogP contribution in [-0.2, 0) is 16.4 Å². The highest BCUT2D eigenvalue weighted by atomic mass is 32.2. The summed E-state index contributed by atoms with van der Waals surface area (Å²) in [6, 6.07) is 13.4. The molecular formula is C19H24N2O3S. The Morgan fingerprint density at radius 1 is 0.960 bits per heavy atom. The van der Waals surface area contributed by atoms with Crippen LogP contribution in [0.3, 0.4) is 0 Å². The Hall–Kier alpha value is -2.34. The van der Waals surface area contributed by atoms with E-state index in [0.717, 1.165) is 24.8 Å². The van der Waals surface area contributed by atoms with Crippen LogP contribution in [0.4, 0.5) is 5.69 Å². The Morgan fingerprint density at radius 3 is 2.28 bits per heavy atom. The molecule has 0 heterocycles. The minimum Gasteiger partial charge on any atom is -0.352 e. The molecule has 0 fully saturated rings. The first-order valence-electron chi connectivity index (χ1n) is 8.47. The van der Waals surface area contributed by atoms with Gasteiger partial charge in [0.05, 0.1) is 16.1 Å². The van der Waals surface area contributed by atoms with Gasteiger partial charge in [0.15, 0.2) is 0 Å². The summed E-state index contributed by atoms with van der Waals surface area (Å²) in [5.74, 6) is -0.293. The van der Waals surface area contributed by atoms with Crippen LogP contribution in [-0.4, -0.2) is 20.9 Å². The summed E-state index contributed by atoms with van der Waals surface area (Å²) in [6.07, 6.45) is 2.72. The zero-order chi connectivity index (χ0) is 18.3. The number of carbonyl (C=O) groups excluding carboxylic acids is 1. The van der Waals surface area contributed by atoms with Crippen LogP contribution in [0, 0.1) is 0 Å². The molecule has 0 bridgehead atoms. The second kappa shape index (κ2) is 8.67. The van der Waals surface area contributed by atoms with Crippen LogP contribution in [0.1, 0.15) is 42.6 Å². The molecule has 0 unspecified atom stereocenters. The molecule has 5 nitrogen and oxygen atoms in total. The number of benzene rings is 2. The Kier molecular flexibility index (Phi) is 6.58. The maximum Gasteiger partial charge on any atom is 0.261 e. The summed E-state index contributed by atoms with van der Waals surface area (Å²) in [7, 11) is -3.75. The average molecular weight is 360 g/mol. The molecule has 0 saturated carbocycles. The predicted octanol–water partition coefficient (Wildman–Crippen LogP) is 3.58. The lowest BCUT2D eigenvalue weighted by atomic mass is 10.1. The molecule has 0 aliphatic rings. The van der Waals surface area contributed by atoms with E-state index in [1.807, 2.05) is 19.1 Å². The Balaban J connectivity index is 2.24. The van der Waals surface area contributed by atoms with Gasteiger partial charge in [-0.1, -0.05) is 44.5 Å². The highest BCUT2D eigenvalue weighted by Gasteiger charge is 2.18. The first kappa shape index (κ1) is 19.0. The fourth-order valence-electron chi connectivity index (χ4n) is 2.43. The topological polar surface area (TPSA) is 75.3 Å². The van der Waals surface area contributed by atoms with E-state index in [9.17, 15) is 13.2 Å². The Bertz CT molecular complexity index is 815. The van der Waals surface area contributed by atoms with Gasteiger partial charge in [-0.25, -0.2) is 8.42 Å². The summed E-state index contributed by atoms with van der Waals surface area (Å²) in [5.41, 5.74) is 1.68. The molecule has 0 aliphatic carbocycles. The lowest BCUT2D eigenvalue weighted by Crippen LogP contribution is -2.25.